The van der Waals surface area contributed by atoms with Crippen molar-refractivity contribution in [3.8, 4) is 11.5 Å². The fraction of sp³-hybridized carbons (Fsp3) is 0.188. The van der Waals surface area contributed by atoms with Gasteiger partial charge in [0.05, 0.1) is 17.0 Å². The zero-order chi connectivity index (χ0) is 15.2. The Morgan fingerprint density at radius 1 is 1.19 bits per heavy atom. The van der Waals surface area contributed by atoms with Crippen molar-refractivity contribution in [3.05, 3.63) is 58.1 Å². The molecule has 2 aromatic carbocycles. The molecule has 0 atom stereocenters. The van der Waals surface area contributed by atoms with Crippen LogP contribution in [0.15, 0.2) is 46.9 Å². The molecule has 0 aliphatic rings. The molecule has 0 heterocycles. The van der Waals surface area contributed by atoms with Gasteiger partial charge in [-0.05, 0) is 40.5 Å². The summed E-state index contributed by atoms with van der Waals surface area (Å²) in [4.78, 5) is 11.0. The maximum Gasteiger partial charge on any atom is 0.175 e. The summed E-state index contributed by atoms with van der Waals surface area (Å²) < 4.78 is 11.7. The van der Waals surface area contributed by atoms with Crippen LogP contribution in [0, 0.1) is 0 Å². The van der Waals surface area contributed by atoms with Crippen LogP contribution in [0.1, 0.15) is 22.8 Å². The summed E-state index contributed by atoms with van der Waals surface area (Å²) in [6.07, 6.45) is 0. The third-order valence-electron chi connectivity index (χ3n) is 2.77. The number of carboxylic acids is 1. The fourth-order valence-corrected chi connectivity index (χ4v) is 2.37. The van der Waals surface area contributed by atoms with Gasteiger partial charge in [-0.15, -0.1) is 0 Å². The van der Waals surface area contributed by atoms with Gasteiger partial charge in [-0.25, -0.2) is 0 Å². The highest BCUT2D eigenvalue weighted by Gasteiger charge is 2.13. The first kappa shape index (κ1) is 15.4. The molecule has 21 heavy (non-hydrogen) atoms. The van der Waals surface area contributed by atoms with Gasteiger partial charge in [0.25, 0.3) is 0 Å². The van der Waals surface area contributed by atoms with Crippen LogP contribution in [0.4, 0.5) is 0 Å². The van der Waals surface area contributed by atoms with Gasteiger partial charge in [0.15, 0.2) is 11.5 Å². The number of benzene rings is 2. The van der Waals surface area contributed by atoms with Gasteiger partial charge in [-0.3, -0.25) is 0 Å². The topological polar surface area (TPSA) is 58.6 Å². The number of hydrogen-bond acceptors (Lipinski definition) is 4. The van der Waals surface area contributed by atoms with Crippen molar-refractivity contribution in [1.82, 2.24) is 0 Å². The van der Waals surface area contributed by atoms with Crippen molar-refractivity contribution in [2.75, 3.05) is 6.61 Å². The van der Waals surface area contributed by atoms with Crippen LogP contribution >= 0.6 is 15.9 Å². The highest BCUT2D eigenvalue weighted by Crippen LogP contribution is 2.37. The molecule has 0 saturated carbocycles. The summed E-state index contributed by atoms with van der Waals surface area (Å²) in [6.45, 7) is 2.62. The Hall–Kier alpha value is -2.01. The Kier molecular flexibility index (Phi) is 5.22. The number of hydrogen-bond donors (Lipinski definition) is 0. The lowest BCUT2D eigenvalue weighted by atomic mass is 10.2. The Labute approximate surface area is 131 Å². The first-order valence-electron chi connectivity index (χ1n) is 6.46. The molecule has 0 aromatic heterocycles. The van der Waals surface area contributed by atoms with E-state index >= 15 is 0 Å². The summed E-state index contributed by atoms with van der Waals surface area (Å²) in [7, 11) is 0. The van der Waals surface area contributed by atoms with E-state index in [0.717, 1.165) is 5.56 Å². The minimum atomic E-state index is -1.26. The lowest BCUT2D eigenvalue weighted by Crippen LogP contribution is -2.22. The fourth-order valence-electron chi connectivity index (χ4n) is 1.81. The van der Waals surface area contributed by atoms with Gasteiger partial charge in [0.1, 0.15) is 6.61 Å². The molecule has 0 fully saturated rings. The first-order valence-corrected chi connectivity index (χ1v) is 7.25. The third-order valence-corrected chi connectivity index (χ3v) is 3.36. The average molecular weight is 350 g/mol. The minimum Gasteiger partial charge on any atom is -0.545 e. The van der Waals surface area contributed by atoms with Crippen molar-refractivity contribution in [3.63, 3.8) is 0 Å². The van der Waals surface area contributed by atoms with E-state index in [1.54, 1.807) is 0 Å². The molecule has 4 nitrogen and oxygen atoms in total. The largest absolute Gasteiger partial charge is 0.545 e. The predicted molar refractivity (Wildman–Crippen MR) is 80.4 cm³/mol. The molecule has 0 radical (unpaired) electrons. The summed E-state index contributed by atoms with van der Waals surface area (Å²) in [5.74, 6) is -0.406. The van der Waals surface area contributed by atoms with Gasteiger partial charge in [0.2, 0.25) is 0 Å². The van der Waals surface area contributed by atoms with Gasteiger partial charge in [0, 0.05) is 5.56 Å². The molecule has 0 saturated heterocycles. The highest BCUT2D eigenvalue weighted by molar-refractivity contribution is 9.10. The monoisotopic (exact) mass is 349 g/mol. The molecular formula is C16H14BrO4-. The van der Waals surface area contributed by atoms with Crippen molar-refractivity contribution in [1.29, 1.82) is 0 Å². The van der Waals surface area contributed by atoms with E-state index < -0.39 is 5.97 Å². The van der Waals surface area contributed by atoms with E-state index in [1.807, 2.05) is 37.3 Å². The van der Waals surface area contributed by atoms with Gasteiger partial charge < -0.3 is 19.4 Å². The second kappa shape index (κ2) is 7.13. The molecule has 2 rings (SSSR count). The van der Waals surface area contributed by atoms with Crippen molar-refractivity contribution < 1.29 is 19.4 Å². The summed E-state index contributed by atoms with van der Waals surface area (Å²) >= 11 is 3.30. The Balaban J connectivity index is 2.28. The number of ether oxygens (including phenoxy) is 2. The molecule has 110 valence electrons. The van der Waals surface area contributed by atoms with Crippen LogP contribution < -0.4 is 14.6 Å². The van der Waals surface area contributed by atoms with Crippen molar-refractivity contribution in [2.45, 2.75) is 13.5 Å². The molecule has 0 aliphatic heterocycles. The minimum absolute atomic E-state index is 0.0355. The Morgan fingerprint density at radius 3 is 2.52 bits per heavy atom. The standard InChI is InChI=1S/C16H15BrO4/c1-2-20-15-13(17)8-12(16(18)19)9-14(15)21-10-11-6-4-3-5-7-11/h3-9H,2,10H2,1H3,(H,18,19)/p-1. The third kappa shape index (κ3) is 3.98. The number of carbonyl (C=O) groups is 1. The maximum absolute atomic E-state index is 11.0. The molecular weight excluding hydrogens is 336 g/mol. The first-order chi connectivity index (χ1) is 10.1. The number of aromatic carboxylic acids is 1. The van der Waals surface area contributed by atoms with E-state index in [-0.39, 0.29) is 5.56 Å². The highest BCUT2D eigenvalue weighted by atomic mass is 79.9. The zero-order valence-electron chi connectivity index (χ0n) is 11.5. The molecule has 0 unspecified atom stereocenters. The smallest absolute Gasteiger partial charge is 0.175 e. The average Bonchev–Trinajstić information content (AvgIpc) is 2.48. The van der Waals surface area contributed by atoms with Crippen LogP contribution in [0.2, 0.25) is 0 Å². The van der Waals surface area contributed by atoms with Crippen LogP contribution in [-0.4, -0.2) is 12.6 Å². The SMILES string of the molecule is CCOc1c(Br)cc(C(=O)[O-])cc1OCc1ccccc1. The van der Waals surface area contributed by atoms with Crippen LogP contribution in [0.25, 0.3) is 0 Å². The molecule has 0 amide bonds. The molecule has 0 aliphatic carbocycles. The molecule has 0 N–H and O–H groups in total. The van der Waals surface area contributed by atoms with Gasteiger partial charge in [-0.2, -0.15) is 0 Å². The normalized spacial score (nSPS) is 10.2. The van der Waals surface area contributed by atoms with E-state index in [0.29, 0.717) is 29.2 Å². The van der Waals surface area contributed by atoms with Crippen LogP contribution in [0.3, 0.4) is 0 Å². The summed E-state index contributed by atoms with van der Waals surface area (Å²) in [6, 6.07) is 12.5. The van der Waals surface area contributed by atoms with E-state index in [2.05, 4.69) is 15.9 Å². The lowest BCUT2D eigenvalue weighted by Gasteiger charge is -2.15. The van der Waals surface area contributed by atoms with E-state index in [9.17, 15) is 9.90 Å². The molecule has 0 spiro atoms. The van der Waals surface area contributed by atoms with Crippen molar-refractivity contribution >= 4 is 21.9 Å². The Bertz CT molecular complexity index is 626. The zero-order valence-corrected chi connectivity index (χ0v) is 13.1. The van der Waals surface area contributed by atoms with Gasteiger partial charge >= 0.3 is 0 Å². The molecule has 5 heteroatoms. The maximum atomic E-state index is 11.0. The number of carboxylic acid groups (broad SMARTS) is 1. The predicted octanol–water partition coefficient (Wildman–Crippen LogP) is 2.79. The second-order valence-corrected chi connectivity index (χ2v) is 5.13. The van der Waals surface area contributed by atoms with E-state index in [1.165, 1.54) is 12.1 Å². The lowest BCUT2D eigenvalue weighted by molar-refractivity contribution is -0.255. The molecule has 0 bridgehead atoms. The summed E-state index contributed by atoms with van der Waals surface area (Å²) in [5.41, 5.74) is 1.02. The number of carbonyl (C=O) groups excluding carboxylic acids is 1. The number of halogens is 1. The quantitative estimate of drug-likeness (QED) is 0.804. The van der Waals surface area contributed by atoms with E-state index in [4.69, 9.17) is 9.47 Å². The van der Waals surface area contributed by atoms with Crippen LogP contribution in [-0.2, 0) is 6.61 Å². The van der Waals surface area contributed by atoms with Gasteiger partial charge in [-0.1, -0.05) is 30.3 Å². The van der Waals surface area contributed by atoms with Crippen molar-refractivity contribution in [2.24, 2.45) is 0 Å². The van der Waals surface area contributed by atoms with Crippen LogP contribution in [0.5, 0.6) is 11.5 Å². The summed E-state index contributed by atoms with van der Waals surface area (Å²) in [5, 5.41) is 11.0. The Morgan fingerprint density at radius 2 is 1.90 bits per heavy atom. The number of rotatable bonds is 6. The second-order valence-electron chi connectivity index (χ2n) is 4.28. The molecule has 2 aromatic rings.